The lowest BCUT2D eigenvalue weighted by molar-refractivity contribution is -0.143. The molecule has 8 aromatic heterocycles. The number of aryl methyl sites for hydroxylation is 6. The first-order valence-electron chi connectivity index (χ1n) is 45.3. The van der Waals surface area contributed by atoms with Crippen LogP contribution in [0.3, 0.4) is 0 Å². The molecule has 806 valence electrons. The zero-order chi connectivity index (χ0) is 107. The molecule has 8 aliphatic rings. The van der Waals surface area contributed by atoms with Crippen molar-refractivity contribution in [3.8, 4) is 22.3 Å². The van der Waals surface area contributed by atoms with E-state index in [1.807, 2.05) is 167 Å². The van der Waals surface area contributed by atoms with Crippen LogP contribution in [0.15, 0.2) is 139 Å². The summed E-state index contributed by atoms with van der Waals surface area (Å²) in [5.41, 5.74) is 14.3. The maximum absolute atomic E-state index is 13.6. The second kappa shape index (κ2) is 59.1. The van der Waals surface area contributed by atoms with Crippen molar-refractivity contribution in [3.05, 3.63) is 184 Å². The summed E-state index contributed by atoms with van der Waals surface area (Å²) in [6, 6.07) is 24.3. The van der Waals surface area contributed by atoms with Gasteiger partial charge in [-0.1, -0.05) is 55.4 Å². The third-order valence-corrected chi connectivity index (χ3v) is 28.6. The molecule has 2 aromatic carbocycles. The first-order chi connectivity index (χ1) is 68.3. The van der Waals surface area contributed by atoms with Crippen molar-refractivity contribution in [1.29, 1.82) is 0 Å². The molecule has 12 atom stereocenters. The molecule has 0 radical (unpaired) electrons. The number of carboxylic acid groups (broad SMARTS) is 2. The molecule has 4 aliphatic heterocycles. The van der Waals surface area contributed by atoms with Crippen molar-refractivity contribution in [2.45, 2.75) is 192 Å². The molecule has 52 heteroatoms. The van der Waals surface area contributed by atoms with Crippen molar-refractivity contribution < 1.29 is 67.6 Å². The molecule has 10 aromatic rings. The largest absolute Gasteiger partial charge is 0.480 e. The lowest BCUT2D eigenvalue weighted by atomic mass is 10.0. The van der Waals surface area contributed by atoms with E-state index in [2.05, 4.69) is 202 Å². The molecule has 35 nitrogen and oxygen atoms in total. The Morgan fingerprint density at radius 1 is 0.503 bits per heavy atom. The molecule has 0 unspecified atom stereocenters. The highest BCUT2D eigenvalue weighted by atomic mass is 79.9. The number of nitrogen functional groups attached to an aromatic ring is 1. The number of hydrogen-bond donors (Lipinski definition) is 7. The van der Waals surface area contributed by atoms with Crippen LogP contribution in [0.5, 0.6) is 0 Å². The van der Waals surface area contributed by atoms with Gasteiger partial charge in [-0.15, -0.1) is 24.8 Å². The first-order valence-corrected chi connectivity index (χ1v) is 56.8. The molecular weight excluding hydrogens is 2430 g/mol. The van der Waals surface area contributed by atoms with Gasteiger partial charge in [0.1, 0.15) is 112 Å². The number of carbonyl (C=O) groups is 10. The molecule has 8 fully saturated rings. The van der Waals surface area contributed by atoms with E-state index < -0.39 is 53.5 Å². The van der Waals surface area contributed by atoms with Crippen LogP contribution in [0.4, 0.5) is 32.9 Å². The number of pyridine rings is 4. The summed E-state index contributed by atoms with van der Waals surface area (Å²) in [6.45, 7) is 31.1. The van der Waals surface area contributed by atoms with Gasteiger partial charge in [0.2, 0.25) is 23.6 Å². The summed E-state index contributed by atoms with van der Waals surface area (Å²) in [4.78, 5) is 162. The third-order valence-electron chi connectivity index (χ3n) is 23.9. The molecular formula is C97H120Br4Cl3N21O14S10. The van der Waals surface area contributed by atoms with Crippen LogP contribution < -0.4 is 27.0 Å². The van der Waals surface area contributed by atoms with Crippen LogP contribution in [-0.4, -0.2) is 224 Å². The molecule has 0 bridgehead atoms. The van der Waals surface area contributed by atoms with Crippen molar-refractivity contribution in [2.75, 3.05) is 62.0 Å². The van der Waals surface area contributed by atoms with Gasteiger partial charge in [0.05, 0.1) is 17.1 Å². The highest BCUT2D eigenvalue weighted by Crippen LogP contribution is 2.53. The molecule has 4 saturated carbocycles. The number of fused-ring (bicyclic) bond motifs is 6. The van der Waals surface area contributed by atoms with E-state index in [1.165, 1.54) is 47.6 Å². The number of anilines is 4. The Kier molecular flexibility index (Phi) is 51.8. The Hall–Kier alpha value is -8.74. The predicted octanol–water partition coefficient (Wildman–Crippen LogP) is 17.8. The highest BCUT2D eigenvalue weighted by Gasteiger charge is 2.60. The number of hydrogen-bond acceptors (Lipinski definition) is 31. The SMILES string of the molecule is C.CC(=O)c1nn(CC(=O)N2C[C@@H]3C[C@@H]3[C@H]2C(=O)Nc2nc(Br)ccc2C)c2ccc(-c3cnc(C)nc3)cc12.CC(=O)c1nn(CC(=O)O)c2ccc(-c3cnc(C)nc3)cc12.CC(C)(C)OC(=O)N1C[C@@H]2C[C@@H]2[C@H]1C(=O)O.CC(C)=C(Cl)N(C)C.Cc1ccc(Br)nc1N.Cc1ccc(Br)nc1NC(=O)[C@@H]1[C@H]2C[C@H]2CN1C(=O)OC(C)(C)C.Cc1ccc(Br)nc1NC(=O)[C@H]1NC[C@@H]2C[C@@H]21.Cl.Cl.S.S=S.S=S=S.S=S=S=S. The molecule has 0 spiro atoms. The summed E-state index contributed by atoms with van der Waals surface area (Å²) in [6.07, 6.45) is 9.99. The number of allylic oxidation sites excluding steroid dienone is 1. The summed E-state index contributed by atoms with van der Waals surface area (Å²) in [5, 5.41) is 40.8. The molecule has 4 saturated heterocycles. The third kappa shape index (κ3) is 37.3. The molecule has 4 aliphatic carbocycles. The van der Waals surface area contributed by atoms with Gasteiger partial charge >= 0.3 is 24.1 Å². The van der Waals surface area contributed by atoms with E-state index >= 15 is 0 Å². The number of aromatic nitrogens is 12. The fraction of sp³-hybridized carbons (Fsp3) is 0.443. The summed E-state index contributed by atoms with van der Waals surface area (Å²) < 4.78 is 16.3. The smallest absolute Gasteiger partial charge is 0.411 e. The number of nitrogens with one attached hydrogen (secondary N) is 4. The van der Waals surface area contributed by atoms with Crippen LogP contribution in [0.1, 0.15) is 157 Å². The van der Waals surface area contributed by atoms with Gasteiger partial charge < -0.3 is 56.5 Å². The molecule has 18 rings (SSSR count). The number of benzene rings is 2. The van der Waals surface area contributed by atoms with Gasteiger partial charge in [0, 0.05) is 188 Å². The summed E-state index contributed by atoms with van der Waals surface area (Å²) >= 11 is 43.2. The number of ether oxygens (including phenoxy) is 2. The normalized spacial score (nSPS) is 19.0. The average molecular weight is 2550 g/mol. The maximum atomic E-state index is 13.6. The second-order valence-corrected chi connectivity index (χ2v) is 46.5. The van der Waals surface area contributed by atoms with Gasteiger partial charge in [-0.25, -0.2) is 54.3 Å². The number of Topliss-reactive ketones (excluding diaryl/α,β-unsaturated/α-hetero) is 2. The number of nitrogens with zero attached hydrogens (tertiary/aromatic N) is 16. The minimum atomic E-state index is -1.01. The van der Waals surface area contributed by atoms with E-state index in [-0.39, 0.29) is 124 Å². The van der Waals surface area contributed by atoms with E-state index in [4.69, 9.17) is 37.0 Å². The number of halogens is 7. The van der Waals surface area contributed by atoms with Crippen LogP contribution >= 0.6 is 114 Å². The predicted molar refractivity (Wildman–Crippen MR) is 626 cm³/mol. The Bertz CT molecular complexity index is 6670. The average Bonchev–Trinajstić information content (AvgIpc) is 1.58. The van der Waals surface area contributed by atoms with Crippen LogP contribution in [0.2, 0.25) is 0 Å². The van der Waals surface area contributed by atoms with E-state index in [0.29, 0.717) is 115 Å². The summed E-state index contributed by atoms with van der Waals surface area (Å²) in [7, 11) is 7.11. The van der Waals surface area contributed by atoms with Crippen molar-refractivity contribution in [3.63, 3.8) is 0 Å². The number of carbonyl (C=O) groups excluding carboxylic acids is 8. The topological polar surface area (TPSA) is 455 Å². The van der Waals surface area contributed by atoms with Crippen LogP contribution in [-0.2, 0) is 145 Å². The maximum Gasteiger partial charge on any atom is 0.411 e. The lowest BCUT2D eigenvalue weighted by Crippen LogP contribution is -2.47. The van der Waals surface area contributed by atoms with E-state index in [0.717, 1.165) is 105 Å². The Morgan fingerprint density at radius 2 is 0.846 bits per heavy atom. The molecule has 8 N–H and O–H groups in total. The molecule has 12 heterocycles. The van der Waals surface area contributed by atoms with Crippen molar-refractivity contribution >= 4 is 312 Å². The number of likely N-dealkylation sites (tertiary alicyclic amines) is 3. The quantitative estimate of drug-likeness (QED) is 0.0268. The van der Waals surface area contributed by atoms with Gasteiger partial charge in [0.25, 0.3) is 0 Å². The Morgan fingerprint density at radius 3 is 1.16 bits per heavy atom. The number of ketones is 2. The Labute approximate surface area is 962 Å². The number of amides is 6. The zero-order valence-electron chi connectivity index (χ0n) is 83.8. The van der Waals surface area contributed by atoms with Gasteiger partial charge in [-0.05, 0) is 328 Å². The summed E-state index contributed by atoms with van der Waals surface area (Å²) in [5.74, 6) is 3.52. The van der Waals surface area contributed by atoms with E-state index in [1.54, 1.807) is 73.0 Å². The van der Waals surface area contributed by atoms with Gasteiger partial charge in [0.15, 0.2) is 11.6 Å². The second-order valence-electron chi connectivity index (χ2n) is 37.6. The number of carboxylic acids is 2. The fourth-order valence-corrected chi connectivity index (χ4v) is 17.9. The Balaban J connectivity index is 0.000000314. The van der Waals surface area contributed by atoms with Gasteiger partial charge in [-0.3, -0.25) is 52.7 Å². The minimum Gasteiger partial charge on any atom is -0.480 e. The lowest BCUT2D eigenvalue weighted by Gasteiger charge is -2.29. The molecule has 149 heavy (non-hydrogen) atoms. The van der Waals surface area contributed by atoms with E-state index in [9.17, 15) is 47.9 Å². The number of nitrogens with two attached hydrogens (primary N) is 1. The van der Waals surface area contributed by atoms with Gasteiger partial charge in [-0.2, -0.15) is 23.7 Å². The first kappa shape index (κ1) is 131. The monoisotopic (exact) mass is 2540 g/mol. The number of piperidine rings is 4. The zero-order valence-corrected chi connectivity index (χ0v) is 101. The molecule has 6 amide bonds. The minimum absolute atomic E-state index is 0. The van der Waals surface area contributed by atoms with Crippen LogP contribution in [0.25, 0.3) is 44.1 Å². The van der Waals surface area contributed by atoms with Crippen molar-refractivity contribution in [1.82, 2.24) is 84.3 Å². The standard InChI is InChI=1S/C28H26BrN7O3.C17H22BrN3O3.C16H14N4O3.C12H14BrN3O.C11H17NO4.C6H7BrN2.C6H12ClN.CH4.2ClH.S4.S3.S2.H2S/c1-14-4-7-23(29)32-27(14)33-28(39)26-20-9-18(20)12-35(26)24(38)13-36-22-6-5-17(19-10-30-16(3)31-11-19)8-21(22)25(34-36)15(2)37;1-9-5-6-12(18)19-14(9)20-15(22)13-11-7-10(11)8-21(13)16(23)24-17(2,3)4;1-9(21)16-13-5-11(12-6-17-10(2)18-7-12)3-4-14(13)20(19-16)8-15(22)23;1-6-2-3-9(13)15-11(6)16-12(17)10-8-4-7(8)5-14-10;1-11(2,3)16-10(15)12-5-6-4-7(6)8(12)9(13)14;1-4-2-3-5(7)9-6(4)8;1-5(2)6(7)8(3)4;;;;1-3-4-2;1-3-2;1-2;/h4-8,10-11,18,20,26H,9,12-13H2,1-3H3,(H,32,33,39);5-6,10-11,13H,7-8H2,1-4H3,(H,19,20,22);3-7H,8H2,1-2H3,(H,22,23);2-3,7-8,10,14H,4-5H2,1H3,(H,15,16,17);6-8H,4-5H2,1-3H3,(H,13,14);2-3H,1H3,(H2,8,9);1-4H3;1H4;2*1H;;;;1H2/t18-,20-,26-;10-,11-,13-;;7-,8-,10-;6-,7-,8-;;;;;;;;;/m00.00........./s1. The number of aliphatic carboxylic acids is 2. The number of rotatable bonds is 16. The fourth-order valence-electron chi connectivity index (χ4n) is 16.6. The van der Waals surface area contributed by atoms with Crippen LogP contribution in [0, 0.1) is 88.9 Å². The van der Waals surface area contributed by atoms with Crippen molar-refractivity contribution in [2.24, 2.45) is 47.3 Å². The highest BCUT2D eigenvalue weighted by molar-refractivity contribution is 9.11.